The lowest BCUT2D eigenvalue weighted by atomic mass is 10.3. The van der Waals surface area contributed by atoms with Crippen LogP contribution in [0.2, 0.25) is 0 Å². The third-order valence-corrected chi connectivity index (χ3v) is 1.55. The maximum Gasteiger partial charge on any atom is 0.325 e. The van der Waals surface area contributed by atoms with Crippen molar-refractivity contribution in [2.24, 2.45) is 5.73 Å². The molecule has 0 saturated carbocycles. The summed E-state index contributed by atoms with van der Waals surface area (Å²) in [5.41, 5.74) is 5.18. The van der Waals surface area contributed by atoms with Crippen molar-refractivity contribution in [3.8, 4) is 0 Å². The maximum absolute atomic E-state index is 10.8. The first kappa shape index (κ1) is 17.0. The zero-order valence-electron chi connectivity index (χ0n) is 9.90. The van der Waals surface area contributed by atoms with Gasteiger partial charge in [-0.25, -0.2) is 0 Å². The lowest BCUT2D eigenvalue weighted by Gasteiger charge is -2.10. The number of hydrogen-bond acceptors (Lipinski definition) is 4. The molecule has 0 rings (SSSR count). The number of aldehydes is 1. The van der Waals surface area contributed by atoms with Gasteiger partial charge in [0.2, 0.25) is 5.91 Å². The van der Waals surface area contributed by atoms with E-state index >= 15 is 0 Å². The Bertz CT molecular complexity index is 229. The monoisotopic (exact) mass is 232 g/mol. The number of unbranched alkanes of at least 4 members (excludes halogenated alkanes) is 1. The zero-order valence-corrected chi connectivity index (χ0v) is 9.90. The van der Waals surface area contributed by atoms with Gasteiger partial charge < -0.3 is 21.0 Å². The van der Waals surface area contributed by atoms with Gasteiger partial charge in [-0.15, -0.1) is 0 Å². The van der Waals surface area contributed by atoms with Crippen LogP contribution in [0.1, 0.15) is 33.6 Å². The molecule has 16 heavy (non-hydrogen) atoms. The summed E-state index contributed by atoms with van der Waals surface area (Å²) < 4.78 is 0. The van der Waals surface area contributed by atoms with E-state index in [1.54, 1.807) is 0 Å². The number of amides is 1. The second kappa shape index (κ2) is 10.1. The molecule has 2 atom stereocenters. The van der Waals surface area contributed by atoms with Gasteiger partial charge >= 0.3 is 5.97 Å². The molecule has 0 heterocycles. The number of carboxylic acid groups (broad SMARTS) is 1. The van der Waals surface area contributed by atoms with Crippen molar-refractivity contribution in [2.75, 3.05) is 0 Å². The maximum atomic E-state index is 10.8. The van der Waals surface area contributed by atoms with Crippen LogP contribution in [-0.4, -0.2) is 35.4 Å². The lowest BCUT2D eigenvalue weighted by molar-refractivity contribution is -0.141. The second-order valence-electron chi connectivity index (χ2n) is 3.31. The van der Waals surface area contributed by atoms with Gasteiger partial charge in [-0.3, -0.25) is 9.59 Å². The number of aliphatic carboxylic acids is 1. The molecule has 0 aliphatic heterocycles. The van der Waals surface area contributed by atoms with Crippen LogP contribution in [0.15, 0.2) is 0 Å². The Kier molecular flexibility index (Phi) is 10.7. The minimum absolute atomic E-state index is 0.458. The number of nitrogens with two attached hydrogens (primary N) is 1. The van der Waals surface area contributed by atoms with Crippen LogP contribution in [0.5, 0.6) is 0 Å². The van der Waals surface area contributed by atoms with E-state index in [4.69, 9.17) is 10.8 Å². The third-order valence-electron chi connectivity index (χ3n) is 1.55. The van der Waals surface area contributed by atoms with Crippen LogP contribution in [0, 0.1) is 0 Å². The number of carbonyl (C=O) groups excluding carboxylic acids is 2. The number of rotatable bonds is 5. The fourth-order valence-corrected chi connectivity index (χ4v) is 0.524. The van der Waals surface area contributed by atoms with E-state index in [1.165, 1.54) is 13.8 Å². The SMILES string of the molecule is CC(N)C(=O)NC(C)C(=O)O.CCCC=O. The Morgan fingerprint density at radius 2 is 1.94 bits per heavy atom. The van der Waals surface area contributed by atoms with Crippen LogP contribution in [-0.2, 0) is 14.4 Å². The van der Waals surface area contributed by atoms with Crippen LogP contribution in [0.25, 0.3) is 0 Å². The first-order valence-electron chi connectivity index (χ1n) is 5.09. The molecule has 1 amide bonds. The summed E-state index contributed by atoms with van der Waals surface area (Å²) in [5.74, 6) is -1.53. The Morgan fingerprint density at radius 3 is 2.12 bits per heavy atom. The van der Waals surface area contributed by atoms with Gasteiger partial charge in [0.1, 0.15) is 12.3 Å². The standard InChI is InChI=1S/C6H12N2O3.C4H8O/c1-3(7)5(9)8-4(2)6(10)11;1-2-3-4-5/h3-4H,7H2,1-2H3,(H,8,9)(H,10,11);4H,2-3H2,1H3. The van der Waals surface area contributed by atoms with Gasteiger partial charge in [-0.05, 0) is 20.3 Å². The number of hydrogen-bond donors (Lipinski definition) is 3. The van der Waals surface area contributed by atoms with Gasteiger partial charge in [0.25, 0.3) is 0 Å². The highest BCUT2D eigenvalue weighted by atomic mass is 16.4. The molecule has 2 unspecified atom stereocenters. The van der Waals surface area contributed by atoms with Crippen molar-refractivity contribution < 1.29 is 19.5 Å². The summed E-state index contributed by atoms with van der Waals surface area (Å²) in [6, 6.07) is -1.55. The van der Waals surface area contributed by atoms with Gasteiger partial charge in [0, 0.05) is 6.42 Å². The lowest BCUT2D eigenvalue weighted by Crippen LogP contribution is -2.45. The third kappa shape index (κ3) is 10.6. The molecule has 0 radical (unpaired) electrons. The van der Waals surface area contributed by atoms with Crippen molar-refractivity contribution in [3.05, 3.63) is 0 Å². The number of carbonyl (C=O) groups is 3. The van der Waals surface area contributed by atoms with Crippen LogP contribution >= 0.6 is 0 Å². The Hall–Kier alpha value is -1.43. The molecular formula is C10H20N2O4. The van der Waals surface area contributed by atoms with E-state index in [-0.39, 0.29) is 0 Å². The average Bonchev–Trinajstić information content (AvgIpc) is 2.19. The molecule has 0 fully saturated rings. The van der Waals surface area contributed by atoms with E-state index in [0.717, 1.165) is 12.7 Å². The van der Waals surface area contributed by atoms with Gasteiger partial charge in [0.15, 0.2) is 0 Å². The molecular weight excluding hydrogens is 212 g/mol. The molecule has 0 aliphatic rings. The topological polar surface area (TPSA) is 109 Å². The van der Waals surface area contributed by atoms with Crippen LogP contribution in [0.4, 0.5) is 0 Å². The fraction of sp³-hybridized carbons (Fsp3) is 0.700. The van der Waals surface area contributed by atoms with Crippen molar-refractivity contribution >= 4 is 18.2 Å². The Morgan fingerprint density at radius 1 is 1.44 bits per heavy atom. The summed E-state index contributed by atoms with van der Waals surface area (Å²) in [6.07, 6.45) is 2.61. The highest BCUT2D eigenvalue weighted by molar-refractivity contribution is 5.86. The zero-order chi connectivity index (χ0) is 13.1. The average molecular weight is 232 g/mol. The molecule has 0 bridgehead atoms. The summed E-state index contributed by atoms with van der Waals surface area (Å²) in [4.78, 5) is 30.4. The van der Waals surface area contributed by atoms with Crippen molar-refractivity contribution in [2.45, 2.75) is 45.7 Å². The summed E-state index contributed by atoms with van der Waals surface area (Å²) in [7, 11) is 0. The minimum Gasteiger partial charge on any atom is -0.480 e. The molecule has 6 nitrogen and oxygen atoms in total. The molecule has 6 heteroatoms. The van der Waals surface area contributed by atoms with Gasteiger partial charge in [-0.1, -0.05) is 6.92 Å². The first-order valence-corrected chi connectivity index (χ1v) is 5.09. The molecule has 0 aliphatic carbocycles. The largest absolute Gasteiger partial charge is 0.480 e. The van der Waals surface area contributed by atoms with E-state index in [1.807, 2.05) is 6.92 Å². The summed E-state index contributed by atoms with van der Waals surface area (Å²) >= 11 is 0. The van der Waals surface area contributed by atoms with E-state index in [9.17, 15) is 14.4 Å². The minimum atomic E-state index is -1.07. The smallest absolute Gasteiger partial charge is 0.325 e. The predicted octanol–water partition coefficient (Wildman–Crippen LogP) is -0.0917. The first-order chi connectivity index (χ1) is 7.36. The molecule has 0 aromatic carbocycles. The van der Waals surface area contributed by atoms with Crippen molar-refractivity contribution in [3.63, 3.8) is 0 Å². The van der Waals surface area contributed by atoms with Crippen molar-refractivity contribution in [1.82, 2.24) is 5.32 Å². The van der Waals surface area contributed by atoms with E-state index in [2.05, 4.69) is 5.32 Å². The fourth-order valence-electron chi connectivity index (χ4n) is 0.524. The van der Waals surface area contributed by atoms with E-state index < -0.39 is 24.0 Å². The summed E-state index contributed by atoms with van der Waals surface area (Å²) in [6.45, 7) is 4.85. The molecule has 0 aromatic rings. The second-order valence-corrected chi connectivity index (χ2v) is 3.31. The molecule has 4 N–H and O–H groups in total. The van der Waals surface area contributed by atoms with Gasteiger partial charge in [0.05, 0.1) is 6.04 Å². The van der Waals surface area contributed by atoms with Crippen molar-refractivity contribution in [1.29, 1.82) is 0 Å². The number of carboxylic acids is 1. The molecule has 94 valence electrons. The highest BCUT2D eigenvalue weighted by Crippen LogP contribution is 1.83. The quantitative estimate of drug-likeness (QED) is 0.574. The number of nitrogens with one attached hydrogen (secondary N) is 1. The molecule has 0 saturated heterocycles. The summed E-state index contributed by atoms with van der Waals surface area (Å²) in [5, 5.41) is 10.6. The Balaban J connectivity index is 0. The highest BCUT2D eigenvalue weighted by Gasteiger charge is 2.15. The van der Waals surface area contributed by atoms with Crippen LogP contribution < -0.4 is 11.1 Å². The van der Waals surface area contributed by atoms with Gasteiger partial charge in [-0.2, -0.15) is 0 Å². The Labute approximate surface area is 95.2 Å². The van der Waals surface area contributed by atoms with Crippen LogP contribution in [0.3, 0.4) is 0 Å². The normalized spacial score (nSPS) is 12.8. The molecule has 0 spiro atoms. The van der Waals surface area contributed by atoms with E-state index in [0.29, 0.717) is 6.42 Å². The predicted molar refractivity (Wildman–Crippen MR) is 59.9 cm³/mol. The molecule has 0 aromatic heterocycles.